The summed E-state index contributed by atoms with van der Waals surface area (Å²) < 4.78 is 81.7. The number of hydrogen-bond donors (Lipinski definition) is 0. The molecule has 0 aliphatic carbocycles. The van der Waals surface area contributed by atoms with Gasteiger partial charge in [0.2, 0.25) is 0 Å². The van der Waals surface area contributed by atoms with E-state index < -0.39 is 5.41 Å². The molecule has 504 valence electrons. The predicted octanol–water partition coefficient (Wildman–Crippen LogP) is 22.4. The zero-order chi connectivity index (χ0) is 64.8. The Morgan fingerprint density at radius 2 is 0.355 bits per heavy atom. The van der Waals surface area contributed by atoms with Gasteiger partial charge in [-0.25, -0.2) is 0 Å². The largest absolute Gasteiger partial charge is 0.490 e. The number of fused-ring (bicyclic) bond motifs is 14. The fourth-order valence-corrected chi connectivity index (χ4v) is 12.8. The Morgan fingerprint density at radius 1 is 0.215 bits per heavy atom. The maximum absolute atomic E-state index is 7.05. The van der Waals surface area contributed by atoms with Crippen LogP contribution in [-0.2, 0) is 0 Å². The highest BCUT2D eigenvalue weighted by Crippen LogP contribution is 2.51. The molecule has 0 N–H and O–H groups in total. The lowest BCUT2D eigenvalue weighted by atomic mass is 9.92. The molecule has 0 fully saturated rings. The van der Waals surface area contributed by atoms with E-state index in [1.54, 1.807) is 0 Å². The molecule has 0 unspecified atom stereocenters. The molecule has 0 saturated carbocycles. The Bertz CT molecular complexity index is 3220. The van der Waals surface area contributed by atoms with Crippen molar-refractivity contribution in [3.63, 3.8) is 0 Å². The summed E-state index contributed by atoms with van der Waals surface area (Å²) in [6.45, 7) is 23.8. The molecule has 0 bridgehead atoms. The molecule has 93 heavy (non-hydrogen) atoms. The van der Waals surface area contributed by atoms with Crippen LogP contribution >= 0.6 is 0 Å². The molecule has 2 heterocycles. The molecule has 0 aromatic heterocycles. The zero-order valence-electron chi connectivity index (χ0n) is 57.8. The second-order valence-corrected chi connectivity index (χ2v) is 26.2. The van der Waals surface area contributed by atoms with Gasteiger partial charge in [0, 0.05) is 0 Å². The first-order valence-electron chi connectivity index (χ1n) is 36.4. The number of hydrogen-bond acceptors (Lipinski definition) is 12. The maximum atomic E-state index is 7.05. The SMILES string of the molecule is CCCCCOc1cc2c3cc(OCCCCC)c(OCCCCC)cc3c3cc4c(cc3c2cc1OCCCCC)OCC1(CO4)COc2cc3c4cc(OCCCCC)c(OCCCCC)cc4c4cc(OCCCCC)c(OCCCCC)cc4c3cc2OC1. The van der Waals surface area contributed by atoms with Crippen molar-refractivity contribution in [1.29, 1.82) is 0 Å². The van der Waals surface area contributed by atoms with Crippen LogP contribution in [0.3, 0.4) is 0 Å². The van der Waals surface area contributed by atoms with E-state index in [9.17, 15) is 0 Å². The molecule has 8 aromatic rings. The molecule has 10 rings (SSSR count). The van der Waals surface area contributed by atoms with Crippen molar-refractivity contribution in [3.05, 3.63) is 72.8 Å². The number of benzene rings is 8. The van der Waals surface area contributed by atoms with Gasteiger partial charge in [-0.05, 0) is 189 Å². The van der Waals surface area contributed by atoms with E-state index in [1.165, 1.54) is 0 Å². The molecule has 0 atom stereocenters. The van der Waals surface area contributed by atoms with Crippen molar-refractivity contribution in [2.45, 2.75) is 209 Å². The third kappa shape index (κ3) is 17.1. The summed E-state index contributed by atoms with van der Waals surface area (Å²) in [4.78, 5) is 0. The third-order valence-electron chi connectivity index (χ3n) is 18.4. The first-order valence-corrected chi connectivity index (χ1v) is 36.4. The number of unbranched alkanes of at least 4 members (excludes halogenated alkanes) is 16. The second kappa shape index (κ2) is 34.9. The lowest BCUT2D eigenvalue weighted by Crippen LogP contribution is -2.43. The second-order valence-electron chi connectivity index (χ2n) is 26.2. The highest BCUT2D eigenvalue weighted by atomic mass is 16.6. The highest BCUT2D eigenvalue weighted by Gasteiger charge is 2.40. The molecule has 0 radical (unpaired) electrons. The fourth-order valence-electron chi connectivity index (χ4n) is 12.8. The number of rotatable bonds is 40. The van der Waals surface area contributed by atoms with E-state index in [1.807, 2.05) is 0 Å². The van der Waals surface area contributed by atoms with E-state index in [2.05, 4.69) is 128 Å². The molecule has 0 saturated heterocycles. The third-order valence-corrected chi connectivity index (χ3v) is 18.4. The van der Waals surface area contributed by atoms with Crippen molar-refractivity contribution in [2.24, 2.45) is 5.41 Å². The van der Waals surface area contributed by atoms with Crippen LogP contribution < -0.4 is 56.8 Å². The van der Waals surface area contributed by atoms with Gasteiger partial charge in [0.1, 0.15) is 31.8 Å². The minimum absolute atomic E-state index is 0.298. The Hall–Kier alpha value is -7.08. The predicted molar refractivity (Wildman–Crippen MR) is 382 cm³/mol. The summed E-state index contributed by atoms with van der Waals surface area (Å²) in [5.41, 5.74) is -0.690. The standard InChI is InChI=1S/C81H108O12/c1-9-17-25-33-82-69-41-57-58-42-70(83-34-26-18-10-2)74(87-38-30-22-14-6)46-62(58)66-50-78-77(49-65(66)61(57)45-73(69)86-37-29-21-13-5)90-53-81(54-91-78)55-92-79-51-67-63-47-75(88-39-31-23-15-7)71(84-35-27-19-11-3)43-59(63)60-44-72(85-36-28-20-12-4)76(89-40-32-24-16-8)48-64(60)68(67)52-80(79)93-56-81/h41-52H,9-40,53-56H2,1-8H3. The molecule has 2 aliphatic rings. The minimum atomic E-state index is -0.690. The summed E-state index contributed by atoms with van der Waals surface area (Å²) in [6, 6.07) is 26.2. The average Bonchev–Trinajstić information content (AvgIpc) is 1.30. The van der Waals surface area contributed by atoms with Crippen LogP contribution in [0.15, 0.2) is 72.8 Å². The van der Waals surface area contributed by atoms with Gasteiger partial charge in [-0.15, -0.1) is 0 Å². The molecule has 12 nitrogen and oxygen atoms in total. The molecule has 8 aromatic carbocycles. The van der Waals surface area contributed by atoms with Gasteiger partial charge < -0.3 is 56.8 Å². The molecule has 0 amide bonds. The van der Waals surface area contributed by atoms with Crippen LogP contribution in [0.2, 0.25) is 0 Å². The van der Waals surface area contributed by atoms with Crippen LogP contribution in [0.25, 0.3) is 64.6 Å². The van der Waals surface area contributed by atoms with E-state index in [4.69, 9.17) is 56.8 Å². The van der Waals surface area contributed by atoms with Gasteiger partial charge >= 0.3 is 0 Å². The summed E-state index contributed by atoms with van der Waals surface area (Å²) >= 11 is 0. The minimum Gasteiger partial charge on any atom is -0.490 e. The van der Waals surface area contributed by atoms with Gasteiger partial charge in [0.15, 0.2) is 69.0 Å². The van der Waals surface area contributed by atoms with Crippen LogP contribution in [0.5, 0.6) is 69.0 Å². The first kappa shape index (κ1) is 68.8. The van der Waals surface area contributed by atoms with E-state index >= 15 is 0 Å². The Kier molecular flexibility index (Phi) is 25.8. The van der Waals surface area contributed by atoms with Crippen LogP contribution in [0.1, 0.15) is 209 Å². The fraction of sp³-hybridized carbons (Fsp3) is 0.556. The number of ether oxygens (including phenoxy) is 12. The summed E-state index contributed by atoms with van der Waals surface area (Å²) in [7, 11) is 0. The van der Waals surface area contributed by atoms with Crippen LogP contribution in [0, 0.1) is 5.41 Å². The van der Waals surface area contributed by atoms with Crippen molar-refractivity contribution in [3.8, 4) is 69.0 Å². The lowest BCUT2D eigenvalue weighted by Gasteiger charge is -2.27. The van der Waals surface area contributed by atoms with Crippen LogP contribution in [0.4, 0.5) is 0 Å². The van der Waals surface area contributed by atoms with Crippen molar-refractivity contribution in [2.75, 3.05) is 79.3 Å². The van der Waals surface area contributed by atoms with Gasteiger partial charge in [0.25, 0.3) is 0 Å². The van der Waals surface area contributed by atoms with Gasteiger partial charge in [-0.2, -0.15) is 0 Å². The van der Waals surface area contributed by atoms with Crippen molar-refractivity contribution >= 4 is 64.6 Å². The first-order chi connectivity index (χ1) is 45.8. The summed E-state index contributed by atoms with van der Waals surface area (Å²) in [6.07, 6.45) is 25.3. The van der Waals surface area contributed by atoms with E-state index in [0.717, 1.165) is 265 Å². The highest BCUT2D eigenvalue weighted by molar-refractivity contribution is 6.28. The van der Waals surface area contributed by atoms with Gasteiger partial charge in [-0.3, -0.25) is 0 Å². The van der Waals surface area contributed by atoms with Crippen molar-refractivity contribution < 1.29 is 56.8 Å². The van der Waals surface area contributed by atoms with E-state index in [-0.39, 0.29) is 0 Å². The molecular formula is C81H108O12. The normalized spacial score (nSPS) is 13.5. The Morgan fingerprint density at radius 3 is 0.495 bits per heavy atom. The summed E-state index contributed by atoms with van der Waals surface area (Å²) in [5.74, 6) is 8.62. The molecule has 1 spiro atoms. The smallest absolute Gasteiger partial charge is 0.161 e. The van der Waals surface area contributed by atoms with Gasteiger partial charge in [0.05, 0.1) is 52.9 Å². The summed E-state index contributed by atoms with van der Waals surface area (Å²) in [5, 5.41) is 12.4. The molecule has 12 heteroatoms. The van der Waals surface area contributed by atoms with Crippen molar-refractivity contribution in [1.82, 2.24) is 0 Å². The quantitative estimate of drug-likeness (QED) is 0.0269. The Balaban J connectivity index is 1.06. The van der Waals surface area contributed by atoms with Crippen LogP contribution in [-0.4, -0.2) is 79.3 Å². The average molecular weight is 1270 g/mol. The lowest BCUT2D eigenvalue weighted by molar-refractivity contribution is 0.0239. The van der Waals surface area contributed by atoms with E-state index in [0.29, 0.717) is 102 Å². The molecular weight excluding hydrogens is 1160 g/mol. The maximum Gasteiger partial charge on any atom is 0.161 e. The van der Waals surface area contributed by atoms with Gasteiger partial charge in [-0.1, -0.05) is 158 Å². The monoisotopic (exact) mass is 1270 g/mol. The topological polar surface area (TPSA) is 111 Å². The zero-order valence-corrected chi connectivity index (χ0v) is 57.8. The Labute approximate surface area is 554 Å². The molecule has 2 aliphatic heterocycles.